The molecule has 3 aromatic rings. The average molecular weight is 519 g/mol. The summed E-state index contributed by atoms with van der Waals surface area (Å²) >= 11 is 0.957. The Hall–Kier alpha value is -4.24. The van der Waals surface area contributed by atoms with Crippen LogP contribution >= 0.6 is 11.3 Å². The first-order valence-electron chi connectivity index (χ1n) is 11.7. The smallest absolute Gasteiger partial charge is 0.350 e. The van der Waals surface area contributed by atoms with Crippen LogP contribution in [0.3, 0.4) is 0 Å². The number of anilines is 1. The first kappa shape index (κ1) is 25.8. The molecule has 0 saturated heterocycles. The summed E-state index contributed by atoms with van der Waals surface area (Å²) in [4.78, 5) is 44.8. The van der Waals surface area contributed by atoms with Gasteiger partial charge >= 0.3 is 5.97 Å². The van der Waals surface area contributed by atoms with Gasteiger partial charge in [0.15, 0.2) is 16.7 Å². The normalized spacial score (nSPS) is 15.5. The lowest BCUT2D eigenvalue weighted by Gasteiger charge is -2.24. The van der Waals surface area contributed by atoms with Gasteiger partial charge in [-0.3, -0.25) is 14.5 Å². The van der Waals surface area contributed by atoms with Crippen LogP contribution in [0.15, 0.2) is 72.0 Å². The lowest BCUT2D eigenvalue weighted by molar-refractivity contribution is -0.117. The summed E-state index contributed by atoms with van der Waals surface area (Å²) in [6, 6.07) is 15.3. The van der Waals surface area contributed by atoms with Gasteiger partial charge in [-0.1, -0.05) is 66.8 Å². The predicted octanol–water partition coefficient (Wildman–Crippen LogP) is 5.21. The second kappa shape index (κ2) is 11.2. The van der Waals surface area contributed by atoms with Gasteiger partial charge in [-0.25, -0.2) is 9.78 Å². The van der Waals surface area contributed by atoms with E-state index in [1.807, 2.05) is 37.3 Å². The van der Waals surface area contributed by atoms with E-state index in [0.29, 0.717) is 23.6 Å². The van der Waals surface area contributed by atoms with Crippen molar-refractivity contribution < 1.29 is 29.0 Å². The number of aromatic nitrogens is 1. The van der Waals surface area contributed by atoms with Gasteiger partial charge in [-0.05, 0) is 42.7 Å². The zero-order chi connectivity index (χ0) is 26.5. The molecule has 2 heterocycles. The number of thiazole rings is 1. The van der Waals surface area contributed by atoms with E-state index in [2.05, 4.69) is 4.98 Å². The van der Waals surface area contributed by atoms with Crippen LogP contribution in [0.2, 0.25) is 0 Å². The summed E-state index contributed by atoms with van der Waals surface area (Å²) in [6.45, 7) is 4.11. The molecule has 0 radical (unpaired) electrons. The topological polar surface area (TPSA) is 106 Å². The summed E-state index contributed by atoms with van der Waals surface area (Å²) in [5.41, 5.74) is 1.63. The van der Waals surface area contributed by atoms with Crippen LogP contribution in [0, 0.1) is 6.92 Å². The molecule has 4 rings (SSSR count). The summed E-state index contributed by atoms with van der Waals surface area (Å²) in [6.07, 6.45) is 3.76. The Labute approximate surface area is 218 Å². The number of aliphatic hydroxyl groups excluding tert-OH is 1. The van der Waals surface area contributed by atoms with Gasteiger partial charge < -0.3 is 14.6 Å². The quantitative estimate of drug-likeness (QED) is 0.306. The lowest BCUT2D eigenvalue weighted by Crippen LogP contribution is -2.30. The number of rotatable bonds is 9. The SMILES string of the molecule is CCCOc1cccc(C2C(C(=O)/C=C/c3ccccc3)=C(O)C(=O)N2c2nc(C)c(C(=O)OC)s2)c1. The molecular weight excluding hydrogens is 492 g/mol. The Morgan fingerprint density at radius 3 is 2.62 bits per heavy atom. The zero-order valence-corrected chi connectivity index (χ0v) is 21.5. The molecule has 0 aliphatic carbocycles. The maximum atomic E-state index is 13.4. The summed E-state index contributed by atoms with van der Waals surface area (Å²) in [5, 5.41) is 11.1. The largest absolute Gasteiger partial charge is 0.503 e. The first-order valence-corrected chi connectivity index (χ1v) is 12.5. The molecule has 0 spiro atoms. The monoisotopic (exact) mass is 518 g/mol. The van der Waals surface area contributed by atoms with Gasteiger partial charge in [0.05, 0.1) is 31.0 Å². The highest BCUT2D eigenvalue weighted by atomic mass is 32.1. The Morgan fingerprint density at radius 2 is 1.92 bits per heavy atom. The number of ether oxygens (including phenoxy) is 2. The molecule has 1 aromatic heterocycles. The molecule has 9 heteroatoms. The van der Waals surface area contributed by atoms with Crippen molar-refractivity contribution in [3.63, 3.8) is 0 Å². The standard InChI is InChI=1S/C28H26N2O6S/c1-4-15-36-20-12-8-11-19(16-20)23-22(21(31)14-13-18-9-6-5-7-10-18)24(32)26(33)30(23)28-29-17(2)25(37-28)27(34)35-3/h5-14,16,23,32H,4,15H2,1-3H3/b14-13+. The third-order valence-electron chi connectivity index (χ3n) is 5.71. The maximum Gasteiger partial charge on any atom is 0.350 e. The third kappa shape index (κ3) is 5.31. The lowest BCUT2D eigenvalue weighted by atomic mass is 9.95. The van der Waals surface area contributed by atoms with E-state index in [-0.39, 0.29) is 15.6 Å². The number of esters is 1. The molecule has 1 atom stereocenters. The van der Waals surface area contributed by atoms with Gasteiger partial charge in [0.25, 0.3) is 5.91 Å². The first-order chi connectivity index (χ1) is 17.8. The maximum absolute atomic E-state index is 13.4. The minimum absolute atomic E-state index is 0.0858. The van der Waals surface area contributed by atoms with Gasteiger partial charge in [0.1, 0.15) is 10.6 Å². The second-order valence-electron chi connectivity index (χ2n) is 8.27. The second-order valence-corrected chi connectivity index (χ2v) is 9.25. The van der Waals surface area contributed by atoms with Crippen LogP contribution in [0.1, 0.15) is 45.9 Å². The van der Waals surface area contributed by atoms with Crippen LogP contribution in [0.4, 0.5) is 5.13 Å². The van der Waals surface area contributed by atoms with Crippen molar-refractivity contribution in [1.82, 2.24) is 4.98 Å². The number of ketones is 1. The zero-order valence-electron chi connectivity index (χ0n) is 20.6. The van der Waals surface area contributed by atoms with E-state index in [1.54, 1.807) is 37.3 Å². The van der Waals surface area contributed by atoms with Crippen molar-refractivity contribution in [2.24, 2.45) is 0 Å². The van der Waals surface area contributed by atoms with E-state index in [9.17, 15) is 19.5 Å². The fourth-order valence-corrected chi connectivity index (χ4v) is 4.97. The molecule has 190 valence electrons. The van der Waals surface area contributed by atoms with Crippen LogP contribution < -0.4 is 9.64 Å². The molecule has 1 aliphatic rings. The number of allylic oxidation sites excluding steroid dienone is 1. The highest BCUT2D eigenvalue weighted by Gasteiger charge is 2.45. The van der Waals surface area contributed by atoms with Gasteiger partial charge in [-0.2, -0.15) is 0 Å². The molecule has 1 aliphatic heterocycles. The number of aliphatic hydroxyl groups is 1. The van der Waals surface area contributed by atoms with E-state index >= 15 is 0 Å². The van der Waals surface area contributed by atoms with Crippen LogP contribution in [-0.2, 0) is 14.3 Å². The fourth-order valence-electron chi connectivity index (χ4n) is 3.96. The van der Waals surface area contributed by atoms with Gasteiger partial charge in [-0.15, -0.1) is 0 Å². The minimum atomic E-state index is -0.985. The minimum Gasteiger partial charge on any atom is -0.503 e. The molecule has 1 unspecified atom stereocenters. The van der Waals surface area contributed by atoms with Crippen molar-refractivity contribution in [2.75, 3.05) is 18.6 Å². The van der Waals surface area contributed by atoms with Crippen LogP contribution in [0.25, 0.3) is 6.08 Å². The molecule has 0 bridgehead atoms. The predicted molar refractivity (Wildman–Crippen MR) is 141 cm³/mol. The van der Waals surface area contributed by atoms with Crippen molar-refractivity contribution >= 4 is 40.2 Å². The number of carbonyl (C=O) groups excluding carboxylic acids is 3. The molecule has 37 heavy (non-hydrogen) atoms. The molecule has 8 nitrogen and oxygen atoms in total. The van der Waals surface area contributed by atoms with E-state index in [1.165, 1.54) is 18.1 Å². The number of nitrogens with zero attached hydrogens (tertiary/aromatic N) is 2. The number of amides is 1. The Morgan fingerprint density at radius 1 is 1.16 bits per heavy atom. The van der Waals surface area contributed by atoms with Crippen molar-refractivity contribution in [3.05, 3.63) is 93.7 Å². The average Bonchev–Trinajstić information content (AvgIpc) is 3.42. The van der Waals surface area contributed by atoms with Gasteiger partial charge in [0.2, 0.25) is 0 Å². The molecule has 0 fully saturated rings. The molecular formula is C28H26N2O6S. The van der Waals surface area contributed by atoms with E-state index < -0.39 is 29.5 Å². The van der Waals surface area contributed by atoms with E-state index in [4.69, 9.17) is 9.47 Å². The van der Waals surface area contributed by atoms with Crippen molar-refractivity contribution in [2.45, 2.75) is 26.3 Å². The molecule has 1 N–H and O–H groups in total. The van der Waals surface area contributed by atoms with Crippen molar-refractivity contribution in [1.29, 1.82) is 0 Å². The summed E-state index contributed by atoms with van der Waals surface area (Å²) < 4.78 is 10.6. The number of methoxy groups -OCH3 is 1. The summed E-state index contributed by atoms with van der Waals surface area (Å²) in [5.74, 6) is -2.00. The Bertz CT molecular complexity index is 1390. The van der Waals surface area contributed by atoms with E-state index in [0.717, 1.165) is 23.3 Å². The summed E-state index contributed by atoms with van der Waals surface area (Å²) in [7, 11) is 1.26. The fraction of sp³-hybridized carbons (Fsp3) is 0.214. The van der Waals surface area contributed by atoms with Crippen LogP contribution in [-0.4, -0.2) is 41.5 Å². The third-order valence-corrected chi connectivity index (χ3v) is 6.85. The number of benzene rings is 2. The number of carbonyl (C=O) groups is 3. The number of aryl methyl sites for hydroxylation is 1. The van der Waals surface area contributed by atoms with Gasteiger partial charge in [0, 0.05) is 0 Å². The van der Waals surface area contributed by atoms with Crippen LogP contribution in [0.5, 0.6) is 5.75 Å². The van der Waals surface area contributed by atoms with Crippen molar-refractivity contribution in [3.8, 4) is 5.75 Å². The Kier molecular flexibility index (Phi) is 7.83. The highest BCUT2D eigenvalue weighted by molar-refractivity contribution is 7.17. The number of hydrogen-bond acceptors (Lipinski definition) is 8. The molecule has 0 saturated carbocycles. The molecule has 1 amide bonds. The molecule has 2 aromatic carbocycles. The highest BCUT2D eigenvalue weighted by Crippen LogP contribution is 2.43. The Balaban J connectivity index is 1.80. The number of hydrogen-bond donors (Lipinski definition) is 1.